The molecule has 1 fully saturated rings. The molecule has 0 aromatic heterocycles. The van der Waals surface area contributed by atoms with Crippen LogP contribution in [-0.2, 0) is 9.47 Å². The normalized spacial score (nSPS) is 23.7. The number of carbonyl (C=O) groups is 1. The minimum Gasteiger partial charge on any atom is -0.444 e. The van der Waals surface area contributed by atoms with Gasteiger partial charge in [-0.3, -0.25) is 4.90 Å². The zero-order valence-corrected chi connectivity index (χ0v) is 14.8. The van der Waals surface area contributed by atoms with Gasteiger partial charge in [-0.05, 0) is 44.9 Å². The van der Waals surface area contributed by atoms with Crippen LogP contribution in [0.15, 0.2) is 24.3 Å². The fraction of sp³-hybridized carbons (Fsp3) is 0.500. The first kappa shape index (κ1) is 17.2. The van der Waals surface area contributed by atoms with Gasteiger partial charge < -0.3 is 9.47 Å². The third-order valence-electron chi connectivity index (χ3n) is 4.08. The van der Waals surface area contributed by atoms with E-state index in [1.807, 2.05) is 26.8 Å². The fourth-order valence-electron chi connectivity index (χ4n) is 3.14. The SMILES string of the molecule is CC(C)(C)OC(=O)N1C2C=C(c3ccc(Cl)cc3F)CC1COC2. The molecule has 2 unspecified atom stereocenters. The number of morpholine rings is 1. The van der Waals surface area contributed by atoms with Crippen LogP contribution in [0.4, 0.5) is 9.18 Å². The number of hydrogen-bond donors (Lipinski definition) is 0. The minimum atomic E-state index is -0.557. The summed E-state index contributed by atoms with van der Waals surface area (Å²) in [5, 5.41) is 0.367. The molecule has 0 spiro atoms. The Balaban J connectivity index is 1.88. The molecule has 2 atom stereocenters. The molecule has 4 nitrogen and oxygen atoms in total. The van der Waals surface area contributed by atoms with Gasteiger partial charge in [-0.25, -0.2) is 9.18 Å². The van der Waals surface area contributed by atoms with Crippen LogP contribution in [-0.4, -0.2) is 41.9 Å². The predicted molar refractivity (Wildman–Crippen MR) is 90.5 cm³/mol. The Morgan fingerprint density at radius 1 is 1.38 bits per heavy atom. The zero-order valence-electron chi connectivity index (χ0n) is 14.0. The first-order valence-electron chi connectivity index (χ1n) is 8.00. The van der Waals surface area contributed by atoms with Crippen molar-refractivity contribution >= 4 is 23.3 Å². The van der Waals surface area contributed by atoms with Gasteiger partial charge >= 0.3 is 6.09 Å². The lowest BCUT2D eigenvalue weighted by Gasteiger charge is -2.44. The molecule has 0 N–H and O–H groups in total. The molecule has 130 valence electrons. The van der Waals surface area contributed by atoms with Crippen molar-refractivity contribution in [3.8, 4) is 0 Å². The van der Waals surface area contributed by atoms with E-state index in [9.17, 15) is 9.18 Å². The molecule has 2 aliphatic heterocycles. The monoisotopic (exact) mass is 353 g/mol. The first-order chi connectivity index (χ1) is 11.2. The second-order valence-electron chi connectivity index (χ2n) is 7.17. The average molecular weight is 354 g/mol. The summed E-state index contributed by atoms with van der Waals surface area (Å²) in [6, 6.07) is 4.26. The Bertz CT molecular complexity index is 683. The quantitative estimate of drug-likeness (QED) is 0.756. The van der Waals surface area contributed by atoms with E-state index in [2.05, 4.69) is 0 Å². The van der Waals surface area contributed by atoms with Gasteiger partial charge in [0.25, 0.3) is 0 Å². The largest absolute Gasteiger partial charge is 0.444 e. The van der Waals surface area contributed by atoms with Gasteiger partial charge in [-0.15, -0.1) is 0 Å². The lowest BCUT2D eigenvalue weighted by molar-refractivity contribution is -0.0510. The summed E-state index contributed by atoms with van der Waals surface area (Å²) in [7, 11) is 0. The highest BCUT2D eigenvalue weighted by Crippen LogP contribution is 2.35. The molecule has 0 aliphatic carbocycles. The van der Waals surface area contributed by atoms with Gasteiger partial charge in [0.2, 0.25) is 0 Å². The third kappa shape index (κ3) is 3.57. The summed E-state index contributed by atoms with van der Waals surface area (Å²) >= 11 is 5.83. The molecule has 1 aromatic carbocycles. The van der Waals surface area contributed by atoms with Gasteiger partial charge in [0.1, 0.15) is 11.4 Å². The number of benzene rings is 1. The number of nitrogens with zero attached hydrogens (tertiary/aromatic N) is 1. The molecular weight excluding hydrogens is 333 g/mol. The number of amides is 1. The lowest BCUT2D eigenvalue weighted by atomic mass is 9.90. The highest BCUT2D eigenvalue weighted by atomic mass is 35.5. The maximum Gasteiger partial charge on any atom is 0.411 e. The van der Waals surface area contributed by atoms with Gasteiger partial charge in [-0.2, -0.15) is 0 Å². The van der Waals surface area contributed by atoms with E-state index in [-0.39, 0.29) is 24.0 Å². The lowest BCUT2D eigenvalue weighted by Crippen LogP contribution is -2.57. The van der Waals surface area contributed by atoms with Crippen molar-refractivity contribution in [3.63, 3.8) is 0 Å². The second-order valence-corrected chi connectivity index (χ2v) is 7.60. The van der Waals surface area contributed by atoms with Gasteiger partial charge in [0, 0.05) is 10.6 Å². The Labute approximate surface area is 146 Å². The van der Waals surface area contributed by atoms with E-state index in [4.69, 9.17) is 21.1 Å². The summed E-state index contributed by atoms with van der Waals surface area (Å²) in [6.07, 6.45) is 2.06. The van der Waals surface area contributed by atoms with Crippen molar-refractivity contribution < 1.29 is 18.7 Å². The summed E-state index contributed by atoms with van der Waals surface area (Å²) in [6.45, 7) is 6.32. The van der Waals surface area contributed by atoms with E-state index >= 15 is 0 Å². The maximum absolute atomic E-state index is 14.2. The van der Waals surface area contributed by atoms with Crippen LogP contribution in [0.3, 0.4) is 0 Å². The minimum absolute atomic E-state index is 0.159. The van der Waals surface area contributed by atoms with Crippen molar-refractivity contribution in [3.05, 3.63) is 40.7 Å². The van der Waals surface area contributed by atoms with E-state index in [0.717, 1.165) is 5.57 Å². The number of hydrogen-bond acceptors (Lipinski definition) is 3. The van der Waals surface area contributed by atoms with Crippen LogP contribution >= 0.6 is 11.6 Å². The van der Waals surface area contributed by atoms with E-state index in [1.165, 1.54) is 6.07 Å². The van der Waals surface area contributed by atoms with Crippen LogP contribution in [0.25, 0.3) is 5.57 Å². The fourth-order valence-corrected chi connectivity index (χ4v) is 3.30. The topological polar surface area (TPSA) is 38.8 Å². The van der Waals surface area contributed by atoms with E-state index < -0.39 is 5.60 Å². The van der Waals surface area contributed by atoms with Crippen LogP contribution in [0, 0.1) is 5.82 Å². The summed E-state index contributed by atoms with van der Waals surface area (Å²) in [5.74, 6) is -0.349. The average Bonchev–Trinajstić information content (AvgIpc) is 2.44. The maximum atomic E-state index is 14.2. The Kier molecular flexibility index (Phi) is 4.58. The van der Waals surface area contributed by atoms with Crippen molar-refractivity contribution in [2.45, 2.75) is 44.9 Å². The zero-order chi connectivity index (χ0) is 17.5. The summed E-state index contributed by atoms with van der Waals surface area (Å²) in [4.78, 5) is 14.2. The van der Waals surface area contributed by atoms with Gasteiger partial charge in [0.05, 0.1) is 25.3 Å². The first-order valence-corrected chi connectivity index (χ1v) is 8.37. The molecule has 2 bridgehead atoms. The predicted octanol–water partition coefficient (Wildman–Crippen LogP) is 4.27. The number of rotatable bonds is 1. The molecule has 1 saturated heterocycles. The molecule has 1 aromatic rings. The Morgan fingerprint density at radius 2 is 2.12 bits per heavy atom. The van der Waals surface area contributed by atoms with Crippen LogP contribution < -0.4 is 0 Å². The molecule has 0 saturated carbocycles. The highest BCUT2D eigenvalue weighted by Gasteiger charge is 2.40. The van der Waals surface area contributed by atoms with Crippen molar-refractivity contribution in [1.29, 1.82) is 0 Å². The molecule has 2 aliphatic rings. The summed E-state index contributed by atoms with van der Waals surface area (Å²) in [5.41, 5.74) is 0.848. The molecule has 2 heterocycles. The smallest absolute Gasteiger partial charge is 0.411 e. The highest BCUT2D eigenvalue weighted by molar-refractivity contribution is 6.30. The third-order valence-corrected chi connectivity index (χ3v) is 4.32. The van der Waals surface area contributed by atoms with Crippen molar-refractivity contribution in [2.75, 3.05) is 13.2 Å². The standard InChI is InChI=1S/C18H21ClFNO3/c1-18(2,3)24-17(22)21-13-6-11(7-14(21)10-23-9-13)15-5-4-12(19)8-16(15)20/h4-6,8,13-14H,7,9-10H2,1-3H3. The van der Waals surface area contributed by atoms with E-state index in [1.54, 1.807) is 17.0 Å². The van der Waals surface area contributed by atoms with Crippen LogP contribution in [0.2, 0.25) is 5.02 Å². The molecule has 3 rings (SSSR count). The molecule has 6 heteroatoms. The van der Waals surface area contributed by atoms with Crippen molar-refractivity contribution in [1.82, 2.24) is 4.90 Å². The molecule has 0 radical (unpaired) electrons. The molecular formula is C18H21ClFNO3. The number of ether oxygens (including phenoxy) is 2. The second kappa shape index (κ2) is 6.37. The summed E-state index contributed by atoms with van der Waals surface area (Å²) < 4.78 is 25.3. The Hall–Kier alpha value is -1.59. The van der Waals surface area contributed by atoms with Gasteiger partial charge in [-0.1, -0.05) is 23.7 Å². The van der Waals surface area contributed by atoms with Crippen molar-refractivity contribution in [2.24, 2.45) is 0 Å². The molecule has 1 amide bonds. The number of halogens is 2. The molecule has 24 heavy (non-hydrogen) atoms. The number of carbonyl (C=O) groups excluding carboxylic acids is 1. The van der Waals surface area contributed by atoms with Gasteiger partial charge in [0.15, 0.2) is 0 Å². The van der Waals surface area contributed by atoms with E-state index in [0.29, 0.717) is 30.2 Å². The van der Waals surface area contributed by atoms with Crippen LogP contribution in [0.1, 0.15) is 32.8 Å². The number of fused-ring (bicyclic) bond motifs is 2. The Morgan fingerprint density at radius 3 is 2.75 bits per heavy atom. The van der Waals surface area contributed by atoms with Crippen LogP contribution in [0.5, 0.6) is 0 Å².